The first-order chi connectivity index (χ1) is 10.1. The fraction of sp³-hybridized carbons (Fsp3) is 0.625. The van der Waals surface area contributed by atoms with Gasteiger partial charge in [-0.3, -0.25) is 0 Å². The molecule has 1 aliphatic rings. The fourth-order valence-corrected chi connectivity index (χ4v) is 3.39. The van der Waals surface area contributed by atoms with Crippen molar-refractivity contribution >= 4 is 22.8 Å². The second-order valence-electron chi connectivity index (χ2n) is 6.38. The number of halogens is 1. The summed E-state index contributed by atoms with van der Waals surface area (Å²) in [7, 11) is 4.36. The molecule has 1 aliphatic carbocycles. The van der Waals surface area contributed by atoms with Gasteiger partial charge < -0.3 is 9.47 Å². The number of rotatable bonds is 5. The minimum absolute atomic E-state index is 0.251. The monoisotopic (exact) mass is 306 g/mol. The molecule has 21 heavy (non-hydrogen) atoms. The summed E-state index contributed by atoms with van der Waals surface area (Å²) in [4.78, 5) is 11.7. The molecule has 2 aromatic rings. The molecule has 0 spiro atoms. The van der Waals surface area contributed by atoms with Crippen LogP contribution in [0.3, 0.4) is 0 Å². The lowest BCUT2D eigenvalue weighted by Crippen LogP contribution is -2.53. The predicted molar refractivity (Wildman–Crippen MR) is 87.0 cm³/mol. The molecular formula is C16H23ClN4. The molecule has 0 aromatic carbocycles. The topological polar surface area (TPSA) is 34.0 Å². The molecule has 0 saturated heterocycles. The van der Waals surface area contributed by atoms with Crippen molar-refractivity contribution in [3.63, 3.8) is 0 Å². The largest absolute Gasteiger partial charge is 0.311 e. The molecule has 0 unspecified atom stereocenters. The summed E-state index contributed by atoms with van der Waals surface area (Å²) in [6.07, 6.45) is 6.51. The molecule has 0 bridgehead atoms. The van der Waals surface area contributed by atoms with Crippen LogP contribution in [0.15, 0.2) is 12.3 Å². The van der Waals surface area contributed by atoms with E-state index in [1.807, 2.05) is 6.20 Å². The number of hydrogen-bond acceptors (Lipinski definition) is 3. The molecule has 4 nitrogen and oxygen atoms in total. The highest BCUT2D eigenvalue weighted by molar-refractivity contribution is 6.17. The van der Waals surface area contributed by atoms with E-state index in [4.69, 9.17) is 16.6 Å². The molecule has 0 amide bonds. The minimum Gasteiger partial charge on any atom is -0.311 e. The van der Waals surface area contributed by atoms with E-state index in [1.54, 1.807) is 0 Å². The van der Waals surface area contributed by atoms with E-state index in [9.17, 15) is 0 Å². The molecule has 0 N–H and O–H groups in total. The quantitative estimate of drug-likeness (QED) is 0.796. The molecular weight excluding hydrogens is 284 g/mol. The number of fused-ring (bicyclic) bond motifs is 1. The zero-order valence-corrected chi connectivity index (χ0v) is 13.8. The highest BCUT2D eigenvalue weighted by atomic mass is 35.5. The van der Waals surface area contributed by atoms with Crippen LogP contribution in [0, 0.1) is 6.92 Å². The average molecular weight is 307 g/mol. The Morgan fingerprint density at radius 2 is 2.14 bits per heavy atom. The van der Waals surface area contributed by atoms with E-state index < -0.39 is 0 Å². The van der Waals surface area contributed by atoms with Crippen LogP contribution in [0.1, 0.15) is 30.7 Å². The third kappa shape index (κ3) is 2.55. The molecule has 1 saturated carbocycles. The molecule has 114 valence electrons. The Bertz CT molecular complexity index is 643. The molecule has 3 rings (SSSR count). The van der Waals surface area contributed by atoms with E-state index >= 15 is 0 Å². The summed E-state index contributed by atoms with van der Waals surface area (Å²) in [5.41, 5.74) is 3.38. The first-order valence-corrected chi connectivity index (χ1v) is 8.14. The lowest BCUT2D eigenvalue weighted by molar-refractivity contribution is 0.0426. The van der Waals surface area contributed by atoms with E-state index in [-0.39, 0.29) is 5.54 Å². The Labute approximate surface area is 131 Å². The van der Waals surface area contributed by atoms with E-state index in [1.165, 1.54) is 19.3 Å². The van der Waals surface area contributed by atoms with Crippen molar-refractivity contribution in [1.29, 1.82) is 0 Å². The van der Waals surface area contributed by atoms with Crippen molar-refractivity contribution in [2.24, 2.45) is 0 Å². The number of aryl methyl sites for hydroxylation is 2. The van der Waals surface area contributed by atoms with Gasteiger partial charge in [-0.25, -0.2) is 9.97 Å². The van der Waals surface area contributed by atoms with Crippen LogP contribution in [0.4, 0.5) is 0 Å². The number of imidazole rings is 1. The summed E-state index contributed by atoms with van der Waals surface area (Å²) in [6, 6.07) is 2.11. The van der Waals surface area contributed by atoms with E-state index in [2.05, 4.69) is 41.5 Å². The van der Waals surface area contributed by atoms with E-state index in [0.29, 0.717) is 5.88 Å². The smallest absolute Gasteiger partial charge is 0.160 e. The normalized spacial score (nSPS) is 17.4. The van der Waals surface area contributed by atoms with Gasteiger partial charge in [0.05, 0.1) is 0 Å². The maximum Gasteiger partial charge on any atom is 0.160 e. The molecule has 2 aromatic heterocycles. The Kier molecular flexibility index (Phi) is 3.93. The van der Waals surface area contributed by atoms with Crippen LogP contribution in [0.2, 0.25) is 0 Å². The number of hydrogen-bond donors (Lipinski definition) is 0. The number of nitrogens with zero attached hydrogens (tertiary/aromatic N) is 4. The third-order valence-electron chi connectivity index (χ3n) is 4.80. The summed E-state index contributed by atoms with van der Waals surface area (Å²) >= 11 is 5.96. The SMILES string of the molecule is Cc1cnc2c(c1)nc(CCCl)n2CC1(N(C)C)CCC1. The van der Waals surface area contributed by atoms with E-state index in [0.717, 1.165) is 35.5 Å². The van der Waals surface area contributed by atoms with Gasteiger partial charge in [0.2, 0.25) is 0 Å². The van der Waals surface area contributed by atoms with Gasteiger partial charge >= 0.3 is 0 Å². The van der Waals surface area contributed by atoms with Crippen molar-refractivity contribution in [3.05, 3.63) is 23.7 Å². The molecule has 0 atom stereocenters. The average Bonchev–Trinajstić information content (AvgIpc) is 2.70. The maximum absolute atomic E-state index is 5.96. The van der Waals surface area contributed by atoms with Gasteiger partial charge in [-0.1, -0.05) is 0 Å². The highest BCUT2D eigenvalue weighted by Crippen LogP contribution is 2.38. The standard InChI is InChI=1S/C16H23ClN4/c1-12-9-13-15(18-10-12)21(14(19-13)5-8-17)11-16(20(2)3)6-4-7-16/h9-10H,4-8,11H2,1-3H3. The van der Waals surface area contributed by atoms with Gasteiger partial charge in [-0.05, 0) is 51.9 Å². The first-order valence-electron chi connectivity index (χ1n) is 7.61. The van der Waals surface area contributed by atoms with Crippen LogP contribution in [-0.2, 0) is 13.0 Å². The van der Waals surface area contributed by atoms with Gasteiger partial charge in [0.25, 0.3) is 0 Å². The Morgan fingerprint density at radius 1 is 1.38 bits per heavy atom. The lowest BCUT2D eigenvalue weighted by Gasteiger charge is -2.47. The maximum atomic E-state index is 5.96. The molecule has 2 heterocycles. The number of likely N-dealkylation sites (N-methyl/N-ethyl adjacent to an activating group) is 1. The number of aromatic nitrogens is 3. The fourth-order valence-electron chi connectivity index (χ4n) is 3.23. The molecule has 0 radical (unpaired) electrons. The minimum atomic E-state index is 0.251. The van der Waals surface area contributed by atoms with Crippen LogP contribution in [0.5, 0.6) is 0 Å². The van der Waals surface area contributed by atoms with Gasteiger partial charge in [0.1, 0.15) is 11.3 Å². The lowest BCUT2D eigenvalue weighted by atomic mass is 9.75. The summed E-state index contributed by atoms with van der Waals surface area (Å²) in [5.74, 6) is 1.66. The Morgan fingerprint density at radius 3 is 2.71 bits per heavy atom. The third-order valence-corrected chi connectivity index (χ3v) is 4.99. The number of alkyl halides is 1. The summed E-state index contributed by atoms with van der Waals surface area (Å²) in [6.45, 7) is 3.01. The summed E-state index contributed by atoms with van der Waals surface area (Å²) in [5, 5.41) is 0. The van der Waals surface area contributed by atoms with Crippen molar-refractivity contribution < 1.29 is 0 Å². The zero-order chi connectivity index (χ0) is 15.0. The molecule has 5 heteroatoms. The van der Waals surface area contributed by atoms with Crippen molar-refractivity contribution in [1.82, 2.24) is 19.4 Å². The second kappa shape index (κ2) is 5.58. The highest BCUT2D eigenvalue weighted by Gasteiger charge is 2.40. The molecule has 0 aliphatic heterocycles. The van der Waals surface area contributed by atoms with Gasteiger partial charge in [-0.2, -0.15) is 0 Å². The number of pyridine rings is 1. The van der Waals surface area contributed by atoms with Crippen LogP contribution in [0.25, 0.3) is 11.2 Å². The second-order valence-corrected chi connectivity index (χ2v) is 6.76. The van der Waals surface area contributed by atoms with Gasteiger partial charge in [0.15, 0.2) is 5.65 Å². The van der Waals surface area contributed by atoms with Crippen molar-refractivity contribution in [2.75, 3.05) is 20.0 Å². The van der Waals surface area contributed by atoms with Gasteiger partial charge in [-0.15, -0.1) is 11.6 Å². The Hall–Kier alpha value is -1.13. The first kappa shape index (κ1) is 14.8. The van der Waals surface area contributed by atoms with Crippen LogP contribution >= 0.6 is 11.6 Å². The summed E-state index contributed by atoms with van der Waals surface area (Å²) < 4.78 is 2.29. The van der Waals surface area contributed by atoms with Gasteiger partial charge in [0, 0.05) is 30.6 Å². The molecule has 1 fully saturated rings. The Balaban J connectivity index is 2.05. The van der Waals surface area contributed by atoms with Crippen LogP contribution < -0.4 is 0 Å². The predicted octanol–water partition coefficient (Wildman–Crippen LogP) is 3.01. The van der Waals surface area contributed by atoms with Crippen molar-refractivity contribution in [3.8, 4) is 0 Å². The van der Waals surface area contributed by atoms with Crippen LogP contribution in [-0.4, -0.2) is 44.9 Å². The zero-order valence-electron chi connectivity index (χ0n) is 13.1. The van der Waals surface area contributed by atoms with Crippen molar-refractivity contribution in [2.45, 2.75) is 44.7 Å².